The molecule has 2 aromatic rings. The Morgan fingerprint density at radius 1 is 0.955 bits per heavy atom. The van der Waals surface area contributed by atoms with Gasteiger partial charge in [0.05, 0.1) is 10.6 Å². The summed E-state index contributed by atoms with van der Waals surface area (Å²) in [4.78, 5) is 27.1. The highest BCUT2D eigenvalue weighted by Crippen LogP contribution is 2.45. The second-order valence-corrected chi connectivity index (χ2v) is 6.93. The maximum Gasteiger partial charge on any atom is 0.234 e. The molecule has 4 rings (SSSR count). The van der Waals surface area contributed by atoms with Gasteiger partial charge in [0, 0.05) is 22.9 Å². The van der Waals surface area contributed by atoms with Crippen LogP contribution in [0.1, 0.15) is 43.4 Å². The molecule has 3 nitrogen and oxygen atoms in total. The average Bonchev–Trinajstić information content (AvgIpc) is 3.08. The van der Waals surface area contributed by atoms with E-state index in [0.717, 1.165) is 33.5 Å². The molecule has 0 bridgehead atoms. The minimum atomic E-state index is -0.0637. The van der Waals surface area contributed by atoms with E-state index in [4.69, 9.17) is 0 Å². The molecule has 112 valence electrons. The first-order chi connectivity index (χ1) is 10.8. The van der Waals surface area contributed by atoms with Crippen LogP contribution in [0.5, 0.6) is 0 Å². The molecule has 1 aromatic carbocycles. The lowest BCUT2D eigenvalue weighted by Gasteiger charge is -2.18. The van der Waals surface area contributed by atoms with Crippen molar-refractivity contribution in [2.75, 3.05) is 4.90 Å². The topological polar surface area (TPSA) is 37.4 Å². The van der Waals surface area contributed by atoms with Crippen LogP contribution in [0.15, 0.2) is 30.3 Å². The predicted molar refractivity (Wildman–Crippen MR) is 90.0 cm³/mol. The Hall–Kier alpha value is -1.94. The number of fused-ring (bicyclic) bond motifs is 1. The Balaban J connectivity index is 1.96. The number of anilines is 1. The first-order valence-electron chi connectivity index (χ1n) is 7.82. The fraction of sp³-hybridized carbons (Fsp3) is 0.333. The Bertz CT molecular complexity index is 787. The zero-order valence-electron chi connectivity index (χ0n) is 12.3. The highest BCUT2D eigenvalue weighted by atomic mass is 32.1. The molecule has 0 radical (unpaired) electrons. The Morgan fingerprint density at radius 2 is 1.73 bits per heavy atom. The second-order valence-electron chi connectivity index (χ2n) is 5.87. The number of imide groups is 1. The third-order valence-electron chi connectivity index (χ3n) is 4.43. The van der Waals surface area contributed by atoms with Crippen LogP contribution in [0.25, 0.3) is 15.7 Å². The summed E-state index contributed by atoms with van der Waals surface area (Å²) in [6.07, 6.45) is 7.49. The number of carbonyl (C=O) groups excluding carboxylic acids is 2. The zero-order valence-corrected chi connectivity index (χ0v) is 13.1. The number of nitrogens with zero attached hydrogens (tertiary/aromatic N) is 1. The monoisotopic (exact) mass is 311 g/mol. The van der Waals surface area contributed by atoms with Crippen LogP contribution < -0.4 is 4.90 Å². The number of thiophene rings is 1. The molecule has 2 heterocycles. The minimum absolute atomic E-state index is 0.0637. The van der Waals surface area contributed by atoms with Gasteiger partial charge in [-0.1, -0.05) is 24.3 Å². The van der Waals surface area contributed by atoms with E-state index in [1.807, 2.05) is 18.2 Å². The molecule has 22 heavy (non-hydrogen) atoms. The fourth-order valence-electron chi connectivity index (χ4n) is 3.34. The van der Waals surface area contributed by atoms with Crippen LogP contribution in [0.4, 0.5) is 5.69 Å². The molecule has 0 saturated carbocycles. The fourth-order valence-corrected chi connectivity index (χ4v) is 4.60. The quantitative estimate of drug-likeness (QED) is 0.765. The summed E-state index contributed by atoms with van der Waals surface area (Å²) < 4.78 is 1.14. The highest BCUT2D eigenvalue weighted by Gasteiger charge is 2.34. The minimum Gasteiger partial charge on any atom is -0.274 e. The van der Waals surface area contributed by atoms with E-state index in [9.17, 15) is 9.59 Å². The summed E-state index contributed by atoms with van der Waals surface area (Å²) in [5, 5.41) is 1.03. The molecule has 2 aliphatic rings. The Labute approximate surface area is 133 Å². The van der Waals surface area contributed by atoms with E-state index < -0.39 is 0 Å². The van der Waals surface area contributed by atoms with Crippen molar-refractivity contribution in [1.82, 2.24) is 0 Å². The van der Waals surface area contributed by atoms with E-state index in [1.165, 1.54) is 23.3 Å². The number of rotatable bonds is 2. The lowest BCUT2D eigenvalue weighted by Crippen LogP contribution is -2.29. The Morgan fingerprint density at radius 3 is 2.45 bits per heavy atom. The maximum absolute atomic E-state index is 12.3. The molecule has 1 fully saturated rings. The van der Waals surface area contributed by atoms with Crippen LogP contribution in [-0.2, 0) is 9.59 Å². The van der Waals surface area contributed by atoms with Gasteiger partial charge in [-0.3, -0.25) is 9.59 Å². The number of hydrogen-bond donors (Lipinski definition) is 0. The van der Waals surface area contributed by atoms with Crippen molar-refractivity contribution in [2.24, 2.45) is 0 Å². The summed E-state index contributed by atoms with van der Waals surface area (Å²) in [6, 6.07) is 8.08. The van der Waals surface area contributed by atoms with Crippen LogP contribution in [-0.4, -0.2) is 11.8 Å². The molecule has 1 saturated heterocycles. The molecular formula is C18H17NO2S. The maximum atomic E-state index is 12.3. The van der Waals surface area contributed by atoms with Gasteiger partial charge in [0.25, 0.3) is 0 Å². The number of benzene rings is 1. The lowest BCUT2D eigenvalue weighted by atomic mass is 9.97. The van der Waals surface area contributed by atoms with Crippen LogP contribution >= 0.6 is 11.3 Å². The van der Waals surface area contributed by atoms with Crippen LogP contribution in [0, 0.1) is 0 Å². The molecule has 1 aliphatic heterocycles. The van der Waals surface area contributed by atoms with Crippen LogP contribution in [0.3, 0.4) is 0 Å². The molecule has 2 amide bonds. The predicted octanol–water partition coefficient (Wildman–Crippen LogP) is 4.51. The summed E-state index contributed by atoms with van der Waals surface area (Å²) >= 11 is 1.71. The van der Waals surface area contributed by atoms with Crippen molar-refractivity contribution < 1.29 is 9.59 Å². The van der Waals surface area contributed by atoms with Crippen molar-refractivity contribution in [2.45, 2.75) is 38.5 Å². The van der Waals surface area contributed by atoms with E-state index in [1.54, 1.807) is 11.3 Å². The highest BCUT2D eigenvalue weighted by molar-refractivity contribution is 7.20. The number of hydrogen-bond acceptors (Lipinski definition) is 3. The normalized spacial score (nSPS) is 19.1. The van der Waals surface area contributed by atoms with Gasteiger partial charge < -0.3 is 0 Å². The molecule has 1 aliphatic carbocycles. The van der Waals surface area contributed by atoms with Gasteiger partial charge in [-0.25, -0.2) is 4.90 Å². The molecule has 0 unspecified atom stereocenters. The lowest BCUT2D eigenvalue weighted by molar-refractivity contribution is -0.121. The molecule has 1 aromatic heterocycles. The van der Waals surface area contributed by atoms with E-state index >= 15 is 0 Å². The van der Waals surface area contributed by atoms with Gasteiger partial charge in [-0.2, -0.15) is 0 Å². The molecule has 0 atom stereocenters. The van der Waals surface area contributed by atoms with Crippen molar-refractivity contribution in [3.8, 4) is 0 Å². The van der Waals surface area contributed by atoms with Crippen LogP contribution in [0.2, 0.25) is 0 Å². The van der Waals surface area contributed by atoms with E-state index in [2.05, 4.69) is 12.1 Å². The van der Waals surface area contributed by atoms with Gasteiger partial charge in [-0.05, 0) is 37.3 Å². The van der Waals surface area contributed by atoms with Gasteiger partial charge >= 0.3 is 0 Å². The third kappa shape index (κ3) is 2.10. The van der Waals surface area contributed by atoms with Gasteiger partial charge in [0.1, 0.15) is 0 Å². The van der Waals surface area contributed by atoms with Crippen molar-refractivity contribution >= 4 is 44.5 Å². The van der Waals surface area contributed by atoms with Gasteiger partial charge in [0.15, 0.2) is 0 Å². The second kappa shape index (κ2) is 5.36. The van der Waals surface area contributed by atoms with Crippen molar-refractivity contribution in [3.63, 3.8) is 0 Å². The van der Waals surface area contributed by atoms with Crippen molar-refractivity contribution in [3.05, 3.63) is 35.2 Å². The average molecular weight is 311 g/mol. The molecule has 4 heteroatoms. The molecular weight excluding hydrogens is 294 g/mol. The summed E-state index contributed by atoms with van der Waals surface area (Å²) in [5.41, 5.74) is 2.14. The van der Waals surface area contributed by atoms with Crippen molar-refractivity contribution in [1.29, 1.82) is 0 Å². The van der Waals surface area contributed by atoms with Gasteiger partial charge in [-0.15, -0.1) is 11.3 Å². The third-order valence-corrected chi connectivity index (χ3v) is 5.66. The largest absolute Gasteiger partial charge is 0.274 e. The summed E-state index contributed by atoms with van der Waals surface area (Å²) in [5.74, 6) is -0.127. The first kappa shape index (κ1) is 13.7. The number of carbonyl (C=O) groups is 2. The number of amides is 2. The van der Waals surface area contributed by atoms with Gasteiger partial charge in [0.2, 0.25) is 11.8 Å². The summed E-state index contributed by atoms with van der Waals surface area (Å²) in [7, 11) is 0. The number of allylic oxidation sites excluding steroid dienone is 2. The SMILES string of the molecule is O=C1CCC(=O)N1c1c(C2=CCCCC2)sc2ccccc12. The van der Waals surface area contributed by atoms with E-state index in [-0.39, 0.29) is 11.8 Å². The Kier molecular flexibility index (Phi) is 3.34. The smallest absolute Gasteiger partial charge is 0.234 e. The summed E-state index contributed by atoms with van der Waals surface area (Å²) in [6.45, 7) is 0. The molecule has 0 spiro atoms. The molecule has 0 N–H and O–H groups in total. The van der Waals surface area contributed by atoms with E-state index in [0.29, 0.717) is 12.8 Å². The first-order valence-corrected chi connectivity index (χ1v) is 8.64. The zero-order chi connectivity index (χ0) is 15.1. The standard InChI is InChI=1S/C18H17NO2S/c20-15-10-11-16(21)19(15)17-13-8-4-5-9-14(13)22-18(17)12-6-2-1-3-7-12/h4-6,8-9H,1-3,7,10-11H2.